The third kappa shape index (κ3) is 3.92. The standard InChI is InChI=1S/C26H23N3O4S/c1-14-7-5-8-19(11-14)29-24(31)21(23(30)27-26(29)34)13-18-12-15(2)28(17(18)4)22-10-6-9-20(16(22)3)25(32)33/h5-13H,1-4H3,(H,32,33)(H,27,30,34)/p-1/b21-13+. The molecule has 4 rings (SSSR count). The van der Waals surface area contributed by atoms with Crippen molar-refractivity contribution in [2.75, 3.05) is 4.90 Å². The van der Waals surface area contributed by atoms with Gasteiger partial charge in [0.15, 0.2) is 5.11 Å². The molecule has 0 unspecified atom stereocenters. The third-order valence-corrected chi connectivity index (χ3v) is 6.18. The Morgan fingerprint density at radius 1 is 1.03 bits per heavy atom. The highest BCUT2D eigenvalue weighted by molar-refractivity contribution is 7.80. The van der Waals surface area contributed by atoms with Crippen LogP contribution >= 0.6 is 12.2 Å². The van der Waals surface area contributed by atoms with Crippen LogP contribution in [0.2, 0.25) is 0 Å². The summed E-state index contributed by atoms with van der Waals surface area (Å²) in [7, 11) is 0. The first-order valence-electron chi connectivity index (χ1n) is 10.6. The zero-order chi connectivity index (χ0) is 24.7. The number of amides is 2. The van der Waals surface area contributed by atoms with Crippen LogP contribution in [0, 0.1) is 27.7 Å². The maximum atomic E-state index is 13.3. The Labute approximate surface area is 202 Å². The van der Waals surface area contributed by atoms with E-state index in [-0.39, 0.29) is 16.2 Å². The Kier molecular flexibility index (Phi) is 5.93. The number of carboxylic acid groups (broad SMARTS) is 1. The van der Waals surface area contributed by atoms with Gasteiger partial charge in [-0.3, -0.25) is 19.8 Å². The first-order chi connectivity index (χ1) is 16.1. The number of carbonyl (C=O) groups excluding carboxylic acids is 3. The van der Waals surface area contributed by atoms with E-state index in [0.717, 1.165) is 17.0 Å². The predicted octanol–water partition coefficient (Wildman–Crippen LogP) is 2.91. The number of thiocarbonyl (C=S) groups is 1. The average molecular weight is 473 g/mol. The van der Waals surface area contributed by atoms with E-state index in [4.69, 9.17) is 12.2 Å². The minimum atomic E-state index is -1.25. The summed E-state index contributed by atoms with van der Waals surface area (Å²) in [5.74, 6) is -2.33. The van der Waals surface area contributed by atoms with Crippen LogP contribution in [-0.4, -0.2) is 27.5 Å². The second-order valence-corrected chi connectivity index (χ2v) is 8.58. The average Bonchev–Trinajstić information content (AvgIpc) is 3.04. The van der Waals surface area contributed by atoms with E-state index in [1.807, 2.05) is 55.7 Å². The number of rotatable bonds is 4. The van der Waals surface area contributed by atoms with Gasteiger partial charge >= 0.3 is 0 Å². The molecule has 0 bridgehead atoms. The number of benzene rings is 2. The van der Waals surface area contributed by atoms with Crippen molar-refractivity contribution in [2.45, 2.75) is 27.7 Å². The number of nitrogens with one attached hydrogen (secondary N) is 1. The first-order valence-corrected chi connectivity index (χ1v) is 11.0. The van der Waals surface area contributed by atoms with E-state index in [1.54, 1.807) is 25.1 Å². The quantitative estimate of drug-likeness (QED) is 0.358. The van der Waals surface area contributed by atoms with Crippen LogP contribution in [0.25, 0.3) is 11.8 Å². The lowest BCUT2D eigenvalue weighted by Crippen LogP contribution is -2.54. The number of aromatic nitrogens is 1. The lowest BCUT2D eigenvalue weighted by molar-refractivity contribution is -0.255. The summed E-state index contributed by atoms with van der Waals surface area (Å²) in [6.45, 7) is 7.34. The van der Waals surface area contributed by atoms with Gasteiger partial charge in [-0.1, -0.05) is 24.3 Å². The van der Waals surface area contributed by atoms with Gasteiger partial charge in [-0.2, -0.15) is 0 Å². The molecule has 7 nitrogen and oxygen atoms in total. The molecule has 3 aromatic rings. The van der Waals surface area contributed by atoms with E-state index >= 15 is 0 Å². The van der Waals surface area contributed by atoms with E-state index in [9.17, 15) is 19.5 Å². The van der Waals surface area contributed by atoms with Crippen LogP contribution in [0.1, 0.15) is 38.4 Å². The van der Waals surface area contributed by atoms with Crippen molar-refractivity contribution in [1.29, 1.82) is 0 Å². The number of aryl methyl sites for hydroxylation is 2. The molecule has 8 heteroatoms. The zero-order valence-corrected chi connectivity index (χ0v) is 19.9. The van der Waals surface area contributed by atoms with Crippen LogP contribution in [0.15, 0.2) is 54.1 Å². The maximum absolute atomic E-state index is 13.3. The highest BCUT2D eigenvalue weighted by Gasteiger charge is 2.34. The van der Waals surface area contributed by atoms with E-state index in [2.05, 4.69) is 5.32 Å². The fourth-order valence-corrected chi connectivity index (χ4v) is 4.49. The lowest BCUT2D eigenvalue weighted by Gasteiger charge is -2.29. The predicted molar refractivity (Wildman–Crippen MR) is 132 cm³/mol. The molecular weight excluding hydrogens is 450 g/mol. The fraction of sp³-hybridized carbons (Fsp3) is 0.154. The molecule has 2 aromatic carbocycles. The third-order valence-electron chi connectivity index (χ3n) is 5.90. The van der Waals surface area contributed by atoms with E-state index < -0.39 is 17.8 Å². The molecule has 1 N–H and O–H groups in total. The van der Waals surface area contributed by atoms with Crippen molar-refractivity contribution >= 4 is 46.9 Å². The number of nitrogens with zero attached hydrogens (tertiary/aromatic N) is 2. The summed E-state index contributed by atoms with van der Waals surface area (Å²) in [6, 6.07) is 14.1. The minimum Gasteiger partial charge on any atom is -0.545 e. The molecule has 0 saturated carbocycles. The van der Waals surface area contributed by atoms with Crippen LogP contribution < -0.4 is 15.3 Å². The van der Waals surface area contributed by atoms with Crippen molar-refractivity contribution in [3.8, 4) is 5.69 Å². The molecule has 1 aromatic heterocycles. The summed E-state index contributed by atoms with van der Waals surface area (Å²) < 4.78 is 1.89. The van der Waals surface area contributed by atoms with Gasteiger partial charge < -0.3 is 14.5 Å². The van der Waals surface area contributed by atoms with Crippen LogP contribution in [0.4, 0.5) is 5.69 Å². The van der Waals surface area contributed by atoms with E-state index in [1.165, 1.54) is 11.0 Å². The fourth-order valence-electron chi connectivity index (χ4n) is 4.21. The molecule has 2 heterocycles. The number of aromatic carboxylic acids is 1. The normalized spacial score (nSPS) is 15.1. The first kappa shape index (κ1) is 23.1. The zero-order valence-electron chi connectivity index (χ0n) is 19.1. The van der Waals surface area contributed by atoms with Crippen LogP contribution in [0.5, 0.6) is 0 Å². The summed E-state index contributed by atoms with van der Waals surface area (Å²) in [4.78, 5) is 38.8. The number of hydrogen-bond acceptors (Lipinski definition) is 5. The number of carboxylic acids is 1. The SMILES string of the molecule is Cc1cccc(N2C(=O)/C(=C/c3cc(C)n(-c4cccc(C(=O)[O-])c4C)c3C)C(=O)NC2=S)c1. The largest absolute Gasteiger partial charge is 0.545 e. The van der Waals surface area contributed by atoms with Gasteiger partial charge in [-0.15, -0.1) is 0 Å². The topological polar surface area (TPSA) is 94.5 Å². The van der Waals surface area contributed by atoms with Crippen LogP contribution in [-0.2, 0) is 9.59 Å². The molecular formula is C26H22N3O4S-. The molecule has 1 saturated heterocycles. The Morgan fingerprint density at radius 3 is 2.41 bits per heavy atom. The van der Waals surface area contributed by atoms with Gasteiger partial charge in [0, 0.05) is 22.6 Å². The van der Waals surface area contributed by atoms with Gasteiger partial charge in [-0.05, 0) is 86.9 Å². The molecule has 172 valence electrons. The molecule has 34 heavy (non-hydrogen) atoms. The molecule has 1 aliphatic heterocycles. The van der Waals surface area contributed by atoms with Crippen LogP contribution in [0.3, 0.4) is 0 Å². The summed E-state index contributed by atoms with van der Waals surface area (Å²) in [5, 5.41) is 14.1. The molecule has 0 aliphatic carbocycles. The molecule has 0 atom stereocenters. The molecule has 0 spiro atoms. The van der Waals surface area contributed by atoms with E-state index in [0.29, 0.717) is 22.5 Å². The highest BCUT2D eigenvalue weighted by Crippen LogP contribution is 2.28. The summed E-state index contributed by atoms with van der Waals surface area (Å²) >= 11 is 5.27. The minimum absolute atomic E-state index is 0.0259. The molecule has 1 aliphatic rings. The van der Waals surface area contributed by atoms with Crippen molar-refractivity contribution < 1.29 is 19.5 Å². The van der Waals surface area contributed by atoms with Gasteiger partial charge in [-0.25, -0.2) is 0 Å². The second-order valence-electron chi connectivity index (χ2n) is 8.20. The smallest absolute Gasteiger partial charge is 0.270 e. The van der Waals surface area contributed by atoms with Crippen molar-refractivity contribution in [3.05, 3.63) is 87.7 Å². The van der Waals surface area contributed by atoms with Crippen molar-refractivity contribution in [2.24, 2.45) is 0 Å². The maximum Gasteiger partial charge on any atom is 0.270 e. The summed E-state index contributed by atoms with van der Waals surface area (Å²) in [5.41, 5.74) is 5.05. The molecule has 1 fully saturated rings. The van der Waals surface area contributed by atoms with Gasteiger partial charge in [0.1, 0.15) is 5.57 Å². The Morgan fingerprint density at radius 2 is 1.74 bits per heavy atom. The highest BCUT2D eigenvalue weighted by atomic mass is 32.1. The Balaban J connectivity index is 1.80. The summed E-state index contributed by atoms with van der Waals surface area (Å²) in [6.07, 6.45) is 1.54. The monoisotopic (exact) mass is 472 g/mol. The second kappa shape index (κ2) is 8.72. The van der Waals surface area contributed by atoms with Gasteiger partial charge in [0.05, 0.1) is 11.7 Å². The molecule has 2 amide bonds. The Hall–Kier alpha value is -4.04. The molecule has 0 radical (unpaired) electrons. The number of anilines is 1. The van der Waals surface area contributed by atoms with Gasteiger partial charge in [0.2, 0.25) is 0 Å². The number of carbonyl (C=O) groups is 3. The Bertz CT molecular complexity index is 1420. The van der Waals surface area contributed by atoms with Gasteiger partial charge in [0.25, 0.3) is 11.8 Å². The number of hydrogen-bond donors (Lipinski definition) is 1. The lowest BCUT2D eigenvalue weighted by atomic mass is 10.1. The van der Waals surface area contributed by atoms with Crippen molar-refractivity contribution in [3.63, 3.8) is 0 Å². The van der Waals surface area contributed by atoms with Crippen molar-refractivity contribution in [1.82, 2.24) is 9.88 Å².